The number of rotatable bonds is 2. The second-order valence-corrected chi connectivity index (χ2v) is 5.74. The first-order valence-electron chi connectivity index (χ1n) is 6.57. The molecule has 1 aromatic carbocycles. The molecular weight excluding hydrogens is 210 g/mol. The van der Waals surface area contributed by atoms with E-state index in [1.807, 2.05) is 6.07 Å². The van der Waals surface area contributed by atoms with Crippen molar-refractivity contribution in [1.29, 1.82) is 0 Å². The van der Waals surface area contributed by atoms with Gasteiger partial charge in [0.05, 0.1) is 0 Å². The third kappa shape index (κ3) is 2.19. The average molecular weight is 233 g/mol. The zero-order valence-electron chi connectivity index (χ0n) is 11.1. The molecule has 0 spiro atoms. The minimum absolute atomic E-state index is 0.304. The van der Waals surface area contributed by atoms with Crippen LogP contribution < -0.4 is 5.73 Å². The third-order valence-electron chi connectivity index (χ3n) is 4.04. The van der Waals surface area contributed by atoms with E-state index >= 15 is 0 Å². The highest BCUT2D eigenvalue weighted by Gasteiger charge is 2.34. The number of hydrogen-bond acceptors (Lipinski definition) is 2. The molecule has 2 nitrogen and oxygen atoms in total. The van der Waals surface area contributed by atoms with Gasteiger partial charge < -0.3 is 10.8 Å². The van der Waals surface area contributed by atoms with Gasteiger partial charge in [-0.3, -0.25) is 0 Å². The molecule has 0 amide bonds. The second kappa shape index (κ2) is 4.34. The summed E-state index contributed by atoms with van der Waals surface area (Å²) >= 11 is 0. The van der Waals surface area contributed by atoms with Gasteiger partial charge in [-0.15, -0.1) is 0 Å². The summed E-state index contributed by atoms with van der Waals surface area (Å²) in [6.45, 7) is 6.42. The Bertz CT molecular complexity index is 417. The summed E-state index contributed by atoms with van der Waals surface area (Å²) < 4.78 is 0. The van der Waals surface area contributed by atoms with Crippen LogP contribution in [0.3, 0.4) is 0 Å². The lowest BCUT2D eigenvalue weighted by Crippen LogP contribution is -2.33. The molecule has 2 rings (SSSR count). The molecule has 94 valence electrons. The monoisotopic (exact) mass is 233 g/mol. The molecular formula is C15H23NO. The Labute approximate surface area is 104 Å². The van der Waals surface area contributed by atoms with Gasteiger partial charge in [0.2, 0.25) is 0 Å². The third-order valence-corrected chi connectivity index (χ3v) is 4.04. The van der Waals surface area contributed by atoms with Crippen molar-refractivity contribution in [2.75, 3.05) is 0 Å². The zero-order chi connectivity index (χ0) is 12.6. The fourth-order valence-electron chi connectivity index (χ4n) is 3.01. The Hall–Kier alpha value is -1.02. The first-order chi connectivity index (χ1) is 7.94. The van der Waals surface area contributed by atoms with Crippen molar-refractivity contribution >= 4 is 0 Å². The second-order valence-electron chi connectivity index (χ2n) is 5.74. The van der Waals surface area contributed by atoms with Crippen LogP contribution in [0, 0.1) is 6.92 Å². The van der Waals surface area contributed by atoms with Gasteiger partial charge in [0.15, 0.2) is 0 Å². The van der Waals surface area contributed by atoms with E-state index in [-0.39, 0.29) is 5.54 Å². The van der Waals surface area contributed by atoms with Crippen molar-refractivity contribution in [3.05, 3.63) is 28.8 Å². The van der Waals surface area contributed by atoms with Crippen LogP contribution in [-0.2, 0) is 5.54 Å². The van der Waals surface area contributed by atoms with E-state index in [1.165, 1.54) is 18.4 Å². The van der Waals surface area contributed by atoms with Gasteiger partial charge in [-0.1, -0.05) is 26.7 Å². The van der Waals surface area contributed by atoms with Crippen LogP contribution in [0.2, 0.25) is 0 Å². The van der Waals surface area contributed by atoms with E-state index in [0.717, 1.165) is 24.0 Å². The summed E-state index contributed by atoms with van der Waals surface area (Å²) in [5.74, 6) is 0.843. The van der Waals surface area contributed by atoms with Crippen LogP contribution >= 0.6 is 0 Å². The van der Waals surface area contributed by atoms with Crippen molar-refractivity contribution in [3.63, 3.8) is 0 Å². The van der Waals surface area contributed by atoms with E-state index in [4.69, 9.17) is 5.73 Å². The van der Waals surface area contributed by atoms with Gasteiger partial charge in [0.1, 0.15) is 5.75 Å². The predicted octanol–water partition coefficient (Wildman–Crippen LogP) is 3.55. The topological polar surface area (TPSA) is 46.2 Å². The van der Waals surface area contributed by atoms with Gasteiger partial charge >= 0.3 is 0 Å². The number of nitrogens with two attached hydrogens (primary N) is 1. The van der Waals surface area contributed by atoms with Gasteiger partial charge in [-0.05, 0) is 48.9 Å². The van der Waals surface area contributed by atoms with Crippen molar-refractivity contribution < 1.29 is 5.11 Å². The van der Waals surface area contributed by atoms with Crippen molar-refractivity contribution in [1.82, 2.24) is 0 Å². The van der Waals surface area contributed by atoms with E-state index < -0.39 is 0 Å². The van der Waals surface area contributed by atoms with Gasteiger partial charge in [0.25, 0.3) is 0 Å². The zero-order valence-corrected chi connectivity index (χ0v) is 11.1. The van der Waals surface area contributed by atoms with Crippen LogP contribution in [0.25, 0.3) is 0 Å². The van der Waals surface area contributed by atoms with Crippen LogP contribution in [0.1, 0.15) is 62.1 Å². The molecule has 2 heteroatoms. The largest absolute Gasteiger partial charge is 0.508 e. The SMILES string of the molecule is Cc1cc(O)c(C2(N)CCCC2)cc1C(C)C. The molecule has 0 unspecified atom stereocenters. The summed E-state index contributed by atoms with van der Waals surface area (Å²) in [6, 6.07) is 4.00. The highest BCUT2D eigenvalue weighted by atomic mass is 16.3. The fourth-order valence-corrected chi connectivity index (χ4v) is 3.01. The first kappa shape index (κ1) is 12.4. The lowest BCUT2D eigenvalue weighted by Gasteiger charge is -2.27. The van der Waals surface area contributed by atoms with E-state index in [0.29, 0.717) is 11.7 Å². The van der Waals surface area contributed by atoms with Gasteiger partial charge in [-0.2, -0.15) is 0 Å². The summed E-state index contributed by atoms with van der Waals surface area (Å²) in [4.78, 5) is 0. The summed E-state index contributed by atoms with van der Waals surface area (Å²) in [6.07, 6.45) is 4.31. The molecule has 1 saturated carbocycles. The molecule has 0 aromatic heterocycles. The van der Waals surface area contributed by atoms with Crippen LogP contribution in [0.4, 0.5) is 0 Å². The summed E-state index contributed by atoms with van der Waals surface area (Å²) in [5, 5.41) is 10.1. The highest BCUT2D eigenvalue weighted by Crippen LogP contribution is 2.42. The summed E-state index contributed by atoms with van der Waals surface area (Å²) in [7, 11) is 0. The number of phenols is 1. The Morgan fingerprint density at radius 3 is 2.35 bits per heavy atom. The molecule has 1 fully saturated rings. The minimum Gasteiger partial charge on any atom is -0.508 e. The molecule has 0 radical (unpaired) electrons. The lowest BCUT2D eigenvalue weighted by atomic mass is 9.84. The van der Waals surface area contributed by atoms with E-state index in [1.54, 1.807) is 0 Å². The number of benzene rings is 1. The molecule has 17 heavy (non-hydrogen) atoms. The van der Waals surface area contributed by atoms with Crippen molar-refractivity contribution in [2.24, 2.45) is 5.73 Å². The molecule has 1 aliphatic carbocycles. The maximum absolute atomic E-state index is 10.1. The summed E-state index contributed by atoms with van der Waals surface area (Å²) in [5.41, 5.74) is 9.54. The number of phenolic OH excluding ortho intramolecular Hbond substituents is 1. The lowest BCUT2D eigenvalue weighted by molar-refractivity contribution is 0.408. The number of aromatic hydroxyl groups is 1. The van der Waals surface area contributed by atoms with Crippen LogP contribution in [0.15, 0.2) is 12.1 Å². The number of hydrogen-bond donors (Lipinski definition) is 2. The molecule has 1 aromatic rings. The normalized spacial score (nSPS) is 18.9. The maximum atomic E-state index is 10.1. The Morgan fingerprint density at radius 1 is 1.24 bits per heavy atom. The maximum Gasteiger partial charge on any atom is 0.120 e. The quantitative estimate of drug-likeness (QED) is 0.820. The molecule has 0 atom stereocenters. The molecule has 0 saturated heterocycles. The molecule has 3 N–H and O–H groups in total. The standard InChI is InChI=1S/C15H23NO/c1-10(2)12-9-13(14(17)8-11(12)3)15(16)6-4-5-7-15/h8-10,17H,4-7,16H2,1-3H3. The van der Waals surface area contributed by atoms with Crippen LogP contribution in [-0.4, -0.2) is 5.11 Å². The average Bonchev–Trinajstić information content (AvgIpc) is 2.65. The molecule has 0 heterocycles. The number of aryl methyl sites for hydroxylation is 1. The molecule has 0 aliphatic heterocycles. The molecule has 0 bridgehead atoms. The predicted molar refractivity (Wildman–Crippen MR) is 71.3 cm³/mol. The molecule has 1 aliphatic rings. The fraction of sp³-hybridized carbons (Fsp3) is 0.600. The van der Waals surface area contributed by atoms with E-state index in [9.17, 15) is 5.11 Å². The van der Waals surface area contributed by atoms with Crippen LogP contribution in [0.5, 0.6) is 5.75 Å². The highest BCUT2D eigenvalue weighted by molar-refractivity contribution is 5.46. The minimum atomic E-state index is -0.304. The van der Waals surface area contributed by atoms with Gasteiger partial charge in [0, 0.05) is 11.1 Å². The Morgan fingerprint density at radius 2 is 1.82 bits per heavy atom. The van der Waals surface area contributed by atoms with E-state index in [2.05, 4.69) is 26.8 Å². The Balaban J connectivity index is 2.50. The van der Waals surface area contributed by atoms with Gasteiger partial charge in [-0.25, -0.2) is 0 Å². The first-order valence-corrected chi connectivity index (χ1v) is 6.57. The van der Waals surface area contributed by atoms with Crippen molar-refractivity contribution in [2.45, 2.75) is 57.9 Å². The van der Waals surface area contributed by atoms with Crippen molar-refractivity contribution in [3.8, 4) is 5.75 Å². The smallest absolute Gasteiger partial charge is 0.120 e. The Kier molecular flexibility index (Phi) is 3.17.